The van der Waals surface area contributed by atoms with E-state index in [2.05, 4.69) is 4.90 Å². The lowest BCUT2D eigenvalue weighted by Crippen LogP contribution is -2.37. The van der Waals surface area contributed by atoms with Crippen LogP contribution in [0.1, 0.15) is 35.2 Å². The smallest absolute Gasteiger partial charge is 0.335 e. The van der Waals surface area contributed by atoms with Gasteiger partial charge in [-0.25, -0.2) is 4.79 Å². The molecule has 6 nitrogen and oxygen atoms in total. The minimum Gasteiger partial charge on any atom is -0.478 e. The predicted octanol–water partition coefficient (Wildman–Crippen LogP) is 1.89. The summed E-state index contributed by atoms with van der Waals surface area (Å²) in [4.78, 5) is 27.9. The summed E-state index contributed by atoms with van der Waals surface area (Å²) in [7, 11) is 0. The van der Waals surface area contributed by atoms with Gasteiger partial charge in [0, 0.05) is 32.6 Å². The van der Waals surface area contributed by atoms with E-state index in [0.29, 0.717) is 17.9 Å². The molecule has 2 fully saturated rings. The minimum absolute atomic E-state index is 0.250. The van der Waals surface area contributed by atoms with E-state index in [1.807, 2.05) is 11.0 Å². The Morgan fingerprint density at radius 3 is 2.77 bits per heavy atom. The Morgan fingerprint density at radius 2 is 2.00 bits per heavy atom. The lowest BCUT2D eigenvalue weighted by molar-refractivity contribution is -0.130. The molecule has 2 aliphatic heterocycles. The molecule has 0 bridgehead atoms. The van der Waals surface area contributed by atoms with Crippen LogP contribution in [0, 0.1) is 5.92 Å². The van der Waals surface area contributed by atoms with Gasteiger partial charge in [-0.15, -0.1) is 0 Å². The SMILES string of the molecule is O=C(O)c1cccc(CC2CCN(C(=O)CCCN3CCOCC3)C2)c1. The third-order valence-corrected chi connectivity index (χ3v) is 5.31. The maximum Gasteiger partial charge on any atom is 0.335 e. The lowest BCUT2D eigenvalue weighted by atomic mass is 9.97. The molecule has 142 valence electrons. The van der Waals surface area contributed by atoms with Crippen molar-refractivity contribution >= 4 is 11.9 Å². The van der Waals surface area contributed by atoms with Crippen LogP contribution in [0.25, 0.3) is 0 Å². The Labute approximate surface area is 154 Å². The van der Waals surface area contributed by atoms with E-state index in [0.717, 1.165) is 70.8 Å². The largest absolute Gasteiger partial charge is 0.478 e. The van der Waals surface area contributed by atoms with Crippen molar-refractivity contribution in [3.05, 3.63) is 35.4 Å². The number of likely N-dealkylation sites (tertiary alicyclic amines) is 1. The first kappa shape index (κ1) is 18.9. The molecule has 0 aromatic heterocycles. The Bertz CT molecular complexity index is 628. The molecule has 0 spiro atoms. The van der Waals surface area contributed by atoms with E-state index >= 15 is 0 Å². The number of benzene rings is 1. The molecule has 0 radical (unpaired) electrons. The van der Waals surface area contributed by atoms with E-state index in [9.17, 15) is 9.59 Å². The van der Waals surface area contributed by atoms with Crippen LogP contribution < -0.4 is 0 Å². The fraction of sp³-hybridized carbons (Fsp3) is 0.600. The van der Waals surface area contributed by atoms with E-state index < -0.39 is 5.97 Å². The number of amides is 1. The molecular formula is C20H28N2O4. The second-order valence-electron chi connectivity index (χ2n) is 7.26. The quantitative estimate of drug-likeness (QED) is 0.804. The van der Waals surface area contributed by atoms with Crippen molar-refractivity contribution in [1.82, 2.24) is 9.80 Å². The molecule has 1 amide bonds. The van der Waals surface area contributed by atoms with Crippen molar-refractivity contribution in [2.45, 2.75) is 25.7 Å². The number of hydrogen-bond acceptors (Lipinski definition) is 4. The molecule has 1 aromatic rings. The number of hydrogen-bond donors (Lipinski definition) is 1. The standard InChI is InChI=1S/C20H28N2O4/c23-19(5-2-7-21-9-11-26-12-10-21)22-8-6-17(15-22)13-16-3-1-4-18(14-16)20(24)25/h1,3-4,14,17H,2,5-13,15H2,(H,24,25). The average molecular weight is 360 g/mol. The fourth-order valence-corrected chi connectivity index (χ4v) is 3.83. The van der Waals surface area contributed by atoms with Gasteiger partial charge >= 0.3 is 5.97 Å². The number of ether oxygens (including phenoxy) is 1. The van der Waals surface area contributed by atoms with Crippen LogP contribution in [0.2, 0.25) is 0 Å². The zero-order valence-electron chi connectivity index (χ0n) is 15.2. The third kappa shape index (κ3) is 5.29. The van der Waals surface area contributed by atoms with Crippen molar-refractivity contribution in [3.63, 3.8) is 0 Å². The Hall–Kier alpha value is -1.92. The molecule has 1 N–H and O–H groups in total. The number of carbonyl (C=O) groups is 2. The van der Waals surface area contributed by atoms with Gasteiger partial charge in [0.05, 0.1) is 18.8 Å². The summed E-state index contributed by atoms with van der Waals surface area (Å²) < 4.78 is 5.34. The molecule has 3 rings (SSSR count). The summed E-state index contributed by atoms with van der Waals surface area (Å²) in [5, 5.41) is 9.10. The molecule has 1 unspecified atom stereocenters. The molecule has 0 saturated carbocycles. The normalized spacial score (nSPS) is 21.1. The highest BCUT2D eigenvalue weighted by molar-refractivity contribution is 5.87. The fourth-order valence-electron chi connectivity index (χ4n) is 3.83. The molecule has 2 aliphatic rings. The van der Waals surface area contributed by atoms with Gasteiger partial charge < -0.3 is 14.7 Å². The Kier molecular flexibility index (Phi) is 6.63. The van der Waals surface area contributed by atoms with Crippen LogP contribution in [-0.4, -0.2) is 72.7 Å². The topological polar surface area (TPSA) is 70.1 Å². The molecule has 2 saturated heterocycles. The molecular weight excluding hydrogens is 332 g/mol. The highest BCUT2D eigenvalue weighted by Crippen LogP contribution is 2.22. The predicted molar refractivity (Wildman–Crippen MR) is 98.3 cm³/mol. The number of aromatic carboxylic acids is 1. The van der Waals surface area contributed by atoms with Gasteiger partial charge in [0.1, 0.15) is 0 Å². The number of carbonyl (C=O) groups excluding carboxylic acids is 1. The van der Waals surface area contributed by atoms with Crippen LogP contribution in [0.4, 0.5) is 0 Å². The zero-order chi connectivity index (χ0) is 18.4. The Morgan fingerprint density at radius 1 is 1.19 bits per heavy atom. The maximum atomic E-state index is 12.4. The van der Waals surface area contributed by atoms with Crippen molar-refractivity contribution in [1.29, 1.82) is 0 Å². The highest BCUT2D eigenvalue weighted by Gasteiger charge is 2.26. The van der Waals surface area contributed by atoms with E-state index in [4.69, 9.17) is 9.84 Å². The van der Waals surface area contributed by atoms with Gasteiger partial charge in [0.15, 0.2) is 0 Å². The molecule has 26 heavy (non-hydrogen) atoms. The monoisotopic (exact) mass is 360 g/mol. The first-order valence-electron chi connectivity index (χ1n) is 9.52. The van der Waals surface area contributed by atoms with Gasteiger partial charge in [-0.2, -0.15) is 0 Å². The van der Waals surface area contributed by atoms with Crippen LogP contribution in [0.15, 0.2) is 24.3 Å². The summed E-state index contributed by atoms with van der Waals surface area (Å²) in [6.45, 7) is 6.10. The second-order valence-corrected chi connectivity index (χ2v) is 7.26. The number of rotatable bonds is 7. The van der Waals surface area contributed by atoms with Gasteiger partial charge in [-0.3, -0.25) is 9.69 Å². The van der Waals surface area contributed by atoms with Gasteiger partial charge in [0.25, 0.3) is 0 Å². The van der Waals surface area contributed by atoms with Gasteiger partial charge in [-0.05, 0) is 49.4 Å². The molecule has 1 aromatic carbocycles. The first-order valence-corrected chi connectivity index (χ1v) is 9.52. The van der Waals surface area contributed by atoms with Crippen molar-refractivity contribution in [2.75, 3.05) is 45.9 Å². The maximum absolute atomic E-state index is 12.4. The average Bonchev–Trinajstić information content (AvgIpc) is 3.11. The van der Waals surface area contributed by atoms with E-state index in [-0.39, 0.29) is 5.91 Å². The first-order chi connectivity index (χ1) is 12.6. The number of nitrogens with zero attached hydrogens (tertiary/aromatic N) is 2. The number of morpholine rings is 1. The van der Waals surface area contributed by atoms with E-state index in [1.54, 1.807) is 18.2 Å². The number of carboxylic acid groups (broad SMARTS) is 1. The summed E-state index contributed by atoms with van der Waals surface area (Å²) in [5.74, 6) is -0.224. The van der Waals surface area contributed by atoms with Gasteiger partial charge in [-0.1, -0.05) is 12.1 Å². The summed E-state index contributed by atoms with van der Waals surface area (Å²) in [6, 6.07) is 7.13. The van der Waals surface area contributed by atoms with Gasteiger partial charge in [0.2, 0.25) is 5.91 Å². The second kappa shape index (κ2) is 9.14. The minimum atomic E-state index is -0.893. The summed E-state index contributed by atoms with van der Waals surface area (Å²) in [6.07, 6.45) is 3.34. The summed E-state index contributed by atoms with van der Waals surface area (Å²) in [5.41, 5.74) is 1.37. The lowest BCUT2D eigenvalue weighted by Gasteiger charge is -2.26. The molecule has 2 heterocycles. The van der Waals surface area contributed by atoms with Crippen LogP contribution in [-0.2, 0) is 16.0 Å². The zero-order valence-corrected chi connectivity index (χ0v) is 15.2. The van der Waals surface area contributed by atoms with Crippen molar-refractivity contribution in [2.24, 2.45) is 5.92 Å². The number of carboxylic acids is 1. The molecule has 0 aliphatic carbocycles. The molecule has 6 heteroatoms. The van der Waals surface area contributed by atoms with Crippen LogP contribution >= 0.6 is 0 Å². The van der Waals surface area contributed by atoms with Crippen LogP contribution in [0.5, 0.6) is 0 Å². The van der Waals surface area contributed by atoms with E-state index in [1.165, 1.54) is 0 Å². The third-order valence-electron chi connectivity index (χ3n) is 5.31. The van der Waals surface area contributed by atoms with Crippen molar-refractivity contribution < 1.29 is 19.4 Å². The van der Waals surface area contributed by atoms with Crippen molar-refractivity contribution in [3.8, 4) is 0 Å². The molecule has 1 atom stereocenters. The van der Waals surface area contributed by atoms with Crippen LogP contribution in [0.3, 0.4) is 0 Å². The summed E-state index contributed by atoms with van der Waals surface area (Å²) >= 11 is 0. The Balaban J connectivity index is 1.40. The highest BCUT2D eigenvalue weighted by atomic mass is 16.5.